The number of nitrogens with zero attached hydrogens (tertiary/aromatic N) is 2. The molecular formula is C24H16Cl2F3N3O3. The first-order valence-electron chi connectivity index (χ1n) is 10.4. The molecule has 3 aromatic rings. The highest BCUT2D eigenvalue weighted by atomic mass is 35.5. The molecule has 35 heavy (non-hydrogen) atoms. The van der Waals surface area contributed by atoms with Crippen LogP contribution in [0.15, 0.2) is 77.9 Å². The molecule has 0 aliphatic carbocycles. The van der Waals surface area contributed by atoms with Crippen molar-refractivity contribution in [2.24, 2.45) is 5.10 Å². The summed E-state index contributed by atoms with van der Waals surface area (Å²) in [5.74, 6) is -1.01. The predicted molar refractivity (Wildman–Crippen MR) is 125 cm³/mol. The third-order valence-corrected chi connectivity index (χ3v) is 6.05. The van der Waals surface area contributed by atoms with Gasteiger partial charge in [-0.15, -0.1) is 0 Å². The van der Waals surface area contributed by atoms with Gasteiger partial charge in [-0.05, 0) is 47.0 Å². The van der Waals surface area contributed by atoms with E-state index < -0.39 is 23.2 Å². The van der Waals surface area contributed by atoms with Crippen LogP contribution in [0.5, 0.6) is 11.5 Å². The lowest BCUT2D eigenvalue weighted by atomic mass is 9.91. The minimum atomic E-state index is -4.39. The van der Waals surface area contributed by atoms with Gasteiger partial charge in [-0.1, -0.05) is 54.1 Å². The summed E-state index contributed by atoms with van der Waals surface area (Å²) in [6, 6.07) is 19.7. The lowest BCUT2D eigenvalue weighted by Crippen LogP contribution is -2.51. The summed E-state index contributed by atoms with van der Waals surface area (Å²) in [5, 5.41) is 5.08. The van der Waals surface area contributed by atoms with Crippen molar-refractivity contribution >= 4 is 40.6 Å². The van der Waals surface area contributed by atoms with Gasteiger partial charge >= 0.3 is 17.5 Å². The number of rotatable bonds is 3. The van der Waals surface area contributed by atoms with Crippen LogP contribution in [0.3, 0.4) is 0 Å². The molecule has 2 aliphatic rings. The van der Waals surface area contributed by atoms with Crippen LogP contribution < -0.4 is 14.8 Å². The van der Waals surface area contributed by atoms with Crippen LogP contribution in [0.4, 0.5) is 23.7 Å². The fraction of sp³-hybridized carbons (Fsp3) is 0.167. The number of carbonyl (C=O) groups excluding carboxylic acids is 1. The van der Waals surface area contributed by atoms with Crippen LogP contribution in [0.1, 0.15) is 17.0 Å². The summed E-state index contributed by atoms with van der Waals surface area (Å²) in [4.78, 5) is 13.0. The molecule has 0 fully saturated rings. The molecule has 0 radical (unpaired) electrons. The zero-order chi connectivity index (χ0) is 24.8. The molecule has 2 atom stereocenters. The van der Waals surface area contributed by atoms with Gasteiger partial charge in [-0.3, -0.25) is 0 Å². The Morgan fingerprint density at radius 2 is 1.71 bits per heavy atom. The number of ether oxygens (including phenoxy) is 2. The summed E-state index contributed by atoms with van der Waals surface area (Å²) in [6.45, 7) is 0.250. The van der Waals surface area contributed by atoms with Crippen LogP contribution in [-0.2, 0) is 0 Å². The molecular weight excluding hydrogens is 506 g/mol. The molecule has 5 rings (SSSR count). The summed E-state index contributed by atoms with van der Waals surface area (Å²) in [7, 11) is 0. The second-order valence-corrected chi connectivity index (χ2v) is 8.79. The van der Waals surface area contributed by atoms with Crippen LogP contribution >= 0.6 is 23.2 Å². The van der Waals surface area contributed by atoms with Gasteiger partial charge in [0, 0.05) is 22.7 Å². The minimum absolute atomic E-state index is 0.140. The molecule has 2 heterocycles. The van der Waals surface area contributed by atoms with E-state index in [-0.39, 0.29) is 23.9 Å². The summed E-state index contributed by atoms with van der Waals surface area (Å²) in [6.07, 6.45) is -4.39. The largest absolute Gasteiger partial charge is 0.488 e. The van der Waals surface area contributed by atoms with E-state index in [1.54, 1.807) is 12.1 Å². The summed E-state index contributed by atoms with van der Waals surface area (Å²) in [5.41, 5.74) is 2.59. The molecule has 0 spiro atoms. The van der Waals surface area contributed by atoms with Gasteiger partial charge in [-0.25, -0.2) is 9.80 Å². The van der Waals surface area contributed by atoms with Crippen molar-refractivity contribution in [2.45, 2.75) is 17.3 Å². The fourth-order valence-electron chi connectivity index (χ4n) is 3.79. The second kappa shape index (κ2) is 8.66. The molecule has 6 nitrogen and oxygen atoms in total. The van der Waals surface area contributed by atoms with Crippen molar-refractivity contribution in [3.8, 4) is 11.5 Å². The molecule has 0 saturated heterocycles. The highest BCUT2D eigenvalue weighted by Crippen LogP contribution is 2.48. The number of alkyl halides is 4. The smallest absolute Gasteiger partial charge is 0.434 e. The lowest BCUT2D eigenvalue weighted by molar-refractivity contribution is -0.303. The van der Waals surface area contributed by atoms with Crippen LogP contribution in [0.25, 0.3) is 0 Å². The maximum absolute atomic E-state index is 13.9. The Labute approximate surface area is 207 Å². The number of anilines is 1. The number of amides is 2. The van der Waals surface area contributed by atoms with E-state index >= 15 is 0 Å². The highest BCUT2D eigenvalue weighted by Gasteiger charge is 2.63. The van der Waals surface area contributed by atoms with E-state index in [1.807, 2.05) is 42.5 Å². The van der Waals surface area contributed by atoms with Gasteiger partial charge < -0.3 is 14.8 Å². The number of hydrazone groups is 1. The number of halogens is 5. The molecule has 0 bridgehead atoms. The van der Waals surface area contributed by atoms with Crippen molar-refractivity contribution in [3.63, 3.8) is 0 Å². The highest BCUT2D eigenvalue weighted by molar-refractivity contribution is 6.30. The molecule has 0 aromatic heterocycles. The zero-order valence-corrected chi connectivity index (χ0v) is 19.2. The van der Waals surface area contributed by atoms with E-state index in [4.69, 9.17) is 23.2 Å². The molecule has 3 aromatic carbocycles. The third kappa shape index (κ3) is 4.49. The normalized spacial score (nSPS) is 22.5. The number of nitrogens with one attached hydrogen (secondary N) is 1. The number of benzene rings is 3. The lowest BCUT2D eigenvalue weighted by Gasteiger charge is -2.33. The second-order valence-electron chi connectivity index (χ2n) is 7.87. The van der Waals surface area contributed by atoms with Crippen LogP contribution in [0.2, 0.25) is 5.02 Å². The monoisotopic (exact) mass is 521 g/mol. The third-order valence-electron chi connectivity index (χ3n) is 5.50. The number of fused-ring (bicyclic) bond motifs is 1. The Balaban J connectivity index is 1.39. The molecule has 0 saturated carbocycles. The Hall–Kier alpha value is -3.43. The predicted octanol–water partition coefficient (Wildman–Crippen LogP) is 6.60. The van der Waals surface area contributed by atoms with E-state index in [0.717, 1.165) is 23.3 Å². The van der Waals surface area contributed by atoms with Gasteiger partial charge in [0.25, 0.3) is 0 Å². The van der Waals surface area contributed by atoms with E-state index in [2.05, 4.69) is 19.9 Å². The first kappa shape index (κ1) is 23.3. The standard InChI is InChI=1S/C24H16Cl2F3N3O3/c25-16-8-6-15(7-9-16)21-18(14-4-2-1-3-5-14)13-32(31-21)22(33)30-17-10-11-19-20(12-17)34-23(26,27)24(28,29)35-19/h1-12,18H,13H2,(H,30,33). The van der Waals surface area contributed by atoms with E-state index in [1.165, 1.54) is 11.1 Å². The van der Waals surface area contributed by atoms with Crippen molar-refractivity contribution in [1.82, 2.24) is 5.01 Å². The zero-order valence-electron chi connectivity index (χ0n) is 17.7. The van der Waals surface area contributed by atoms with Gasteiger partial charge in [0.15, 0.2) is 11.5 Å². The maximum Gasteiger partial charge on any atom is 0.488 e. The SMILES string of the molecule is O=C(Nc1ccc2c(c1)OC(F)(Cl)C(F)(F)O2)N1CC(c2ccccc2)C(c2ccc(Cl)cc2)=N1. The number of urea groups is 1. The van der Waals surface area contributed by atoms with Crippen LogP contribution in [-0.4, -0.2) is 34.7 Å². The van der Waals surface area contributed by atoms with Crippen molar-refractivity contribution in [2.75, 3.05) is 11.9 Å². The average Bonchev–Trinajstić information content (AvgIpc) is 3.26. The number of carbonyl (C=O) groups is 1. The summed E-state index contributed by atoms with van der Waals surface area (Å²) < 4.78 is 50.0. The van der Waals surface area contributed by atoms with Crippen molar-refractivity contribution in [1.29, 1.82) is 0 Å². The van der Waals surface area contributed by atoms with Gasteiger partial charge in [0.2, 0.25) is 0 Å². The van der Waals surface area contributed by atoms with E-state index in [9.17, 15) is 18.0 Å². The van der Waals surface area contributed by atoms with Gasteiger partial charge in [0.05, 0.1) is 12.3 Å². The molecule has 2 unspecified atom stereocenters. The molecule has 2 amide bonds. The number of hydrogen-bond donors (Lipinski definition) is 1. The van der Waals surface area contributed by atoms with Crippen molar-refractivity contribution < 1.29 is 27.4 Å². The first-order chi connectivity index (χ1) is 16.6. The van der Waals surface area contributed by atoms with E-state index in [0.29, 0.717) is 10.7 Å². The quantitative estimate of drug-likeness (QED) is 0.395. The van der Waals surface area contributed by atoms with Gasteiger partial charge in [-0.2, -0.15) is 18.3 Å². The minimum Gasteiger partial charge on any atom is -0.434 e. The number of hydrogen-bond acceptors (Lipinski definition) is 4. The topological polar surface area (TPSA) is 63.2 Å². The Morgan fingerprint density at radius 3 is 2.43 bits per heavy atom. The molecule has 1 N–H and O–H groups in total. The molecule has 11 heteroatoms. The Kier molecular flexibility index (Phi) is 5.77. The maximum atomic E-state index is 13.9. The Bertz CT molecular complexity index is 1300. The fourth-order valence-corrected chi connectivity index (χ4v) is 4.04. The first-order valence-corrected chi connectivity index (χ1v) is 11.1. The molecule has 180 valence electrons. The molecule has 2 aliphatic heterocycles. The average molecular weight is 522 g/mol. The van der Waals surface area contributed by atoms with Crippen molar-refractivity contribution in [3.05, 3.63) is 88.9 Å². The Morgan fingerprint density at radius 1 is 1.00 bits per heavy atom. The van der Waals surface area contributed by atoms with Crippen LogP contribution in [0, 0.1) is 0 Å². The summed E-state index contributed by atoms with van der Waals surface area (Å²) >= 11 is 11.1. The van der Waals surface area contributed by atoms with Gasteiger partial charge in [0.1, 0.15) is 0 Å².